The van der Waals surface area contributed by atoms with Gasteiger partial charge in [0.15, 0.2) is 0 Å². The molecule has 0 heterocycles. The summed E-state index contributed by atoms with van der Waals surface area (Å²) in [5.74, 6) is 0.150. The van der Waals surface area contributed by atoms with Gasteiger partial charge in [-0.15, -0.1) is 0 Å². The number of ether oxygens (including phenoxy) is 1. The Morgan fingerprint density at radius 2 is 1.09 bits per heavy atom. The van der Waals surface area contributed by atoms with Gasteiger partial charge < -0.3 is 15.4 Å². The topological polar surface area (TPSA) is 67.4 Å². The van der Waals surface area contributed by atoms with Crippen LogP contribution >= 0.6 is 0 Å². The molecule has 0 spiro atoms. The van der Waals surface area contributed by atoms with Gasteiger partial charge in [-0.05, 0) is 32.1 Å². The predicted octanol–water partition coefficient (Wildman–Crippen LogP) is 6.46. The molecule has 0 aliphatic carbocycles. The van der Waals surface area contributed by atoms with Crippen LogP contribution in [0.15, 0.2) is 12.2 Å². The Hall–Kier alpha value is -1.36. The van der Waals surface area contributed by atoms with Crippen molar-refractivity contribution in [3.63, 3.8) is 0 Å². The maximum Gasteiger partial charge on any atom is 0.220 e. The molecule has 0 aliphatic heterocycles. The lowest BCUT2D eigenvalue weighted by Crippen LogP contribution is -2.29. The van der Waals surface area contributed by atoms with E-state index in [-0.39, 0.29) is 11.8 Å². The minimum absolute atomic E-state index is 0.0358. The van der Waals surface area contributed by atoms with E-state index in [1.807, 2.05) is 6.92 Å². The number of hydrogen-bond donors (Lipinski definition) is 2. The van der Waals surface area contributed by atoms with E-state index in [0.717, 1.165) is 12.8 Å². The van der Waals surface area contributed by atoms with Crippen molar-refractivity contribution < 1.29 is 14.3 Å². The van der Waals surface area contributed by atoms with Crippen LogP contribution in [0.4, 0.5) is 0 Å². The Labute approximate surface area is 198 Å². The van der Waals surface area contributed by atoms with Gasteiger partial charge in [0.2, 0.25) is 11.8 Å². The van der Waals surface area contributed by atoms with E-state index in [1.165, 1.54) is 83.5 Å². The lowest BCUT2D eigenvalue weighted by atomic mass is 10.1. The fourth-order valence-electron chi connectivity index (χ4n) is 3.55. The minimum Gasteiger partial charge on any atom is -0.378 e. The average Bonchev–Trinajstić information content (AvgIpc) is 2.80. The maximum atomic E-state index is 11.8. The van der Waals surface area contributed by atoms with Gasteiger partial charge in [0.05, 0.1) is 13.2 Å². The number of amides is 2. The molecule has 0 aliphatic rings. The largest absolute Gasteiger partial charge is 0.378 e. The van der Waals surface area contributed by atoms with Gasteiger partial charge >= 0.3 is 0 Å². The number of rotatable bonds is 24. The van der Waals surface area contributed by atoms with E-state index in [2.05, 4.69) is 29.7 Å². The Morgan fingerprint density at radius 1 is 0.625 bits per heavy atom. The average molecular weight is 453 g/mol. The number of hydrogen-bond acceptors (Lipinski definition) is 3. The molecule has 32 heavy (non-hydrogen) atoms. The van der Waals surface area contributed by atoms with E-state index < -0.39 is 0 Å². The van der Waals surface area contributed by atoms with Crippen molar-refractivity contribution in [2.24, 2.45) is 0 Å². The first-order valence-corrected chi connectivity index (χ1v) is 13.5. The summed E-state index contributed by atoms with van der Waals surface area (Å²) >= 11 is 0. The molecule has 0 saturated heterocycles. The van der Waals surface area contributed by atoms with Crippen molar-refractivity contribution in [1.29, 1.82) is 0 Å². The van der Waals surface area contributed by atoms with Gasteiger partial charge in [-0.25, -0.2) is 0 Å². The second-order valence-electron chi connectivity index (χ2n) is 8.71. The molecule has 0 unspecified atom stereocenters. The summed E-state index contributed by atoms with van der Waals surface area (Å²) in [4.78, 5) is 22.9. The third-order valence-electron chi connectivity index (χ3n) is 5.62. The van der Waals surface area contributed by atoms with Crippen LogP contribution in [-0.2, 0) is 14.3 Å². The van der Waals surface area contributed by atoms with Crippen LogP contribution in [0.3, 0.4) is 0 Å². The number of carbonyl (C=O) groups excluding carboxylic acids is 2. The van der Waals surface area contributed by atoms with Gasteiger partial charge in [0.1, 0.15) is 0 Å². The summed E-state index contributed by atoms with van der Waals surface area (Å²) in [5, 5.41) is 5.64. The summed E-state index contributed by atoms with van der Waals surface area (Å²) in [6.45, 7) is 6.12. The summed E-state index contributed by atoms with van der Waals surface area (Å²) in [5.41, 5.74) is 0. The molecule has 0 fully saturated rings. The van der Waals surface area contributed by atoms with E-state index in [9.17, 15) is 9.59 Å². The standard InChI is InChI=1S/C27H52N2O3/c1-3-5-6-7-8-9-10-11-12-13-14-15-16-17-18-19-20-21-27(31)29-23-25-32-24-22-28-26(30)4-2/h9-10H,3-8,11-25H2,1-2H3,(H,28,30)(H,29,31)/b10-9-. The first-order valence-electron chi connectivity index (χ1n) is 13.5. The lowest BCUT2D eigenvalue weighted by molar-refractivity contribution is -0.121. The number of unbranched alkanes of at least 4 members (excludes halogenated alkanes) is 13. The molecule has 2 N–H and O–H groups in total. The Kier molecular flexibility index (Phi) is 24.8. The molecule has 0 radical (unpaired) electrons. The van der Waals surface area contributed by atoms with Crippen molar-refractivity contribution in [3.05, 3.63) is 12.2 Å². The molecule has 5 heteroatoms. The number of nitrogens with one attached hydrogen (secondary N) is 2. The van der Waals surface area contributed by atoms with E-state index in [1.54, 1.807) is 0 Å². The van der Waals surface area contributed by atoms with Gasteiger partial charge in [-0.1, -0.05) is 90.2 Å². The highest BCUT2D eigenvalue weighted by Crippen LogP contribution is 2.12. The van der Waals surface area contributed by atoms with Crippen molar-refractivity contribution in [2.45, 2.75) is 123 Å². The third kappa shape index (κ3) is 24.9. The fraction of sp³-hybridized carbons (Fsp3) is 0.852. The first-order chi connectivity index (χ1) is 15.7. The molecule has 0 aromatic carbocycles. The SMILES string of the molecule is CCCCCC/C=C\CCCCCCCCCCCC(=O)NCCOCCNC(=O)CC. The lowest BCUT2D eigenvalue weighted by Gasteiger charge is -2.07. The molecule has 2 amide bonds. The zero-order valence-corrected chi connectivity index (χ0v) is 21.2. The van der Waals surface area contributed by atoms with Crippen LogP contribution in [0.2, 0.25) is 0 Å². The molecule has 0 bridgehead atoms. The summed E-state index contributed by atoms with van der Waals surface area (Å²) in [7, 11) is 0. The van der Waals surface area contributed by atoms with Crippen LogP contribution in [0.25, 0.3) is 0 Å². The zero-order chi connectivity index (χ0) is 23.5. The molecular weight excluding hydrogens is 400 g/mol. The summed E-state index contributed by atoms with van der Waals surface area (Å²) in [6, 6.07) is 0. The predicted molar refractivity (Wildman–Crippen MR) is 136 cm³/mol. The minimum atomic E-state index is 0.0358. The number of carbonyl (C=O) groups is 2. The highest BCUT2D eigenvalue weighted by molar-refractivity contribution is 5.75. The van der Waals surface area contributed by atoms with Gasteiger partial charge in [0, 0.05) is 25.9 Å². The van der Waals surface area contributed by atoms with Crippen LogP contribution in [0.5, 0.6) is 0 Å². The Balaban J connectivity index is 3.21. The maximum absolute atomic E-state index is 11.8. The van der Waals surface area contributed by atoms with Crippen molar-refractivity contribution in [1.82, 2.24) is 10.6 Å². The molecule has 5 nitrogen and oxygen atoms in total. The molecule has 0 atom stereocenters. The fourth-order valence-corrected chi connectivity index (χ4v) is 3.55. The van der Waals surface area contributed by atoms with Crippen LogP contribution in [-0.4, -0.2) is 38.1 Å². The molecular formula is C27H52N2O3. The van der Waals surface area contributed by atoms with Crippen molar-refractivity contribution in [3.8, 4) is 0 Å². The Bertz CT molecular complexity index is 452. The van der Waals surface area contributed by atoms with Gasteiger partial charge in [0.25, 0.3) is 0 Å². The van der Waals surface area contributed by atoms with E-state index in [4.69, 9.17) is 4.74 Å². The van der Waals surface area contributed by atoms with Crippen LogP contribution in [0.1, 0.15) is 123 Å². The number of allylic oxidation sites excluding steroid dienone is 2. The summed E-state index contributed by atoms with van der Waals surface area (Å²) < 4.78 is 5.38. The van der Waals surface area contributed by atoms with Crippen molar-refractivity contribution >= 4 is 11.8 Å². The molecule has 188 valence electrons. The normalized spacial score (nSPS) is 11.2. The quantitative estimate of drug-likeness (QED) is 0.130. The zero-order valence-electron chi connectivity index (χ0n) is 21.2. The highest BCUT2D eigenvalue weighted by atomic mass is 16.5. The smallest absolute Gasteiger partial charge is 0.220 e. The van der Waals surface area contributed by atoms with Gasteiger partial charge in [-0.3, -0.25) is 9.59 Å². The molecule has 0 aromatic rings. The van der Waals surface area contributed by atoms with Crippen LogP contribution < -0.4 is 10.6 Å². The highest BCUT2D eigenvalue weighted by Gasteiger charge is 2.01. The molecule has 0 rings (SSSR count). The second-order valence-corrected chi connectivity index (χ2v) is 8.71. The molecule has 0 saturated carbocycles. The monoisotopic (exact) mass is 452 g/mol. The first kappa shape index (κ1) is 30.6. The Morgan fingerprint density at radius 3 is 1.62 bits per heavy atom. The van der Waals surface area contributed by atoms with E-state index in [0.29, 0.717) is 39.1 Å². The van der Waals surface area contributed by atoms with Crippen LogP contribution in [0, 0.1) is 0 Å². The summed E-state index contributed by atoms with van der Waals surface area (Å²) in [6.07, 6.45) is 25.2. The van der Waals surface area contributed by atoms with Gasteiger partial charge in [-0.2, -0.15) is 0 Å². The second kappa shape index (κ2) is 25.9. The van der Waals surface area contributed by atoms with E-state index >= 15 is 0 Å². The van der Waals surface area contributed by atoms with Crippen molar-refractivity contribution in [2.75, 3.05) is 26.3 Å². The third-order valence-corrected chi connectivity index (χ3v) is 5.62. The molecule has 0 aromatic heterocycles.